The second kappa shape index (κ2) is 5.78. The van der Waals surface area contributed by atoms with E-state index in [2.05, 4.69) is 10.3 Å². The van der Waals surface area contributed by atoms with Gasteiger partial charge in [-0.25, -0.2) is 13.4 Å². The van der Waals surface area contributed by atoms with E-state index in [0.717, 1.165) is 16.8 Å². The number of nitrogens with zero attached hydrogens (tertiary/aromatic N) is 2. The maximum atomic E-state index is 11.7. The highest BCUT2D eigenvalue weighted by molar-refractivity contribution is 7.90. The molecule has 0 fully saturated rings. The van der Waals surface area contributed by atoms with E-state index in [1.54, 1.807) is 5.51 Å². The van der Waals surface area contributed by atoms with E-state index in [0.29, 0.717) is 12.2 Å². The molecular weight excluding hydrogens is 314 g/mol. The van der Waals surface area contributed by atoms with Crippen molar-refractivity contribution in [2.45, 2.75) is 18.4 Å². The van der Waals surface area contributed by atoms with Crippen LogP contribution < -0.4 is 5.32 Å². The molecule has 0 saturated carbocycles. The molecule has 9 heteroatoms. The topological polar surface area (TPSA) is 102 Å². The van der Waals surface area contributed by atoms with Crippen LogP contribution in [-0.2, 0) is 16.4 Å². The summed E-state index contributed by atoms with van der Waals surface area (Å²) in [7, 11) is -3.67. The lowest BCUT2D eigenvalue weighted by atomic mass is 10.2. The summed E-state index contributed by atoms with van der Waals surface area (Å²) in [6.07, 6.45) is 0.951. The SMILES string of the molecule is Cc1ncsc1CNc1ccc([N+](=O)[O-])c(S(C)(=O)=O)c1. The van der Waals surface area contributed by atoms with E-state index in [1.807, 2.05) is 6.92 Å². The smallest absolute Gasteiger partial charge is 0.288 e. The van der Waals surface area contributed by atoms with Crippen LogP contribution in [0.5, 0.6) is 0 Å². The number of rotatable bonds is 5. The molecule has 7 nitrogen and oxygen atoms in total. The van der Waals surface area contributed by atoms with E-state index in [1.165, 1.54) is 29.5 Å². The van der Waals surface area contributed by atoms with Gasteiger partial charge in [-0.15, -0.1) is 11.3 Å². The largest absolute Gasteiger partial charge is 0.380 e. The molecule has 0 aliphatic heterocycles. The first-order chi connectivity index (χ1) is 9.79. The monoisotopic (exact) mass is 327 g/mol. The fourth-order valence-electron chi connectivity index (χ4n) is 1.75. The van der Waals surface area contributed by atoms with Crippen LogP contribution in [0.25, 0.3) is 0 Å². The molecule has 0 aliphatic carbocycles. The molecule has 0 amide bonds. The number of thiazole rings is 1. The lowest BCUT2D eigenvalue weighted by molar-refractivity contribution is -0.387. The number of nitro benzene ring substituents is 1. The second-order valence-corrected chi connectivity index (χ2v) is 7.35. The number of sulfone groups is 1. The van der Waals surface area contributed by atoms with Crippen LogP contribution in [0.3, 0.4) is 0 Å². The van der Waals surface area contributed by atoms with Crippen molar-refractivity contribution in [2.24, 2.45) is 0 Å². The molecule has 1 aromatic heterocycles. The molecule has 0 bridgehead atoms. The standard InChI is InChI=1S/C12H13N3O4S2/c1-8-11(20-7-14-8)6-13-9-3-4-10(15(16)17)12(5-9)21(2,18)19/h3-5,7,13H,6H2,1-2H3. The quantitative estimate of drug-likeness (QED) is 0.668. The molecule has 0 atom stereocenters. The zero-order valence-corrected chi connectivity index (χ0v) is 13.0. The summed E-state index contributed by atoms with van der Waals surface area (Å²) in [5.41, 5.74) is 2.72. The average Bonchev–Trinajstić information content (AvgIpc) is 2.80. The van der Waals surface area contributed by atoms with Gasteiger partial charge in [0.2, 0.25) is 0 Å². The Morgan fingerprint density at radius 1 is 1.43 bits per heavy atom. The molecule has 112 valence electrons. The van der Waals surface area contributed by atoms with Crippen molar-refractivity contribution in [3.63, 3.8) is 0 Å². The summed E-state index contributed by atoms with van der Waals surface area (Å²) in [5, 5.41) is 13.9. The minimum atomic E-state index is -3.67. The Bertz CT molecular complexity index is 784. The molecule has 1 heterocycles. The van der Waals surface area contributed by atoms with Gasteiger partial charge in [0, 0.05) is 22.9 Å². The summed E-state index contributed by atoms with van der Waals surface area (Å²) in [6.45, 7) is 2.36. The van der Waals surface area contributed by atoms with E-state index in [4.69, 9.17) is 0 Å². The van der Waals surface area contributed by atoms with Gasteiger partial charge >= 0.3 is 0 Å². The van der Waals surface area contributed by atoms with Crippen molar-refractivity contribution < 1.29 is 13.3 Å². The van der Waals surface area contributed by atoms with Crippen molar-refractivity contribution in [1.82, 2.24) is 4.98 Å². The van der Waals surface area contributed by atoms with E-state index < -0.39 is 20.4 Å². The molecule has 2 rings (SSSR count). The van der Waals surface area contributed by atoms with Gasteiger partial charge in [-0.3, -0.25) is 10.1 Å². The third-order valence-electron chi connectivity index (χ3n) is 2.85. The summed E-state index contributed by atoms with van der Waals surface area (Å²) >= 11 is 1.49. The van der Waals surface area contributed by atoms with Crippen molar-refractivity contribution in [1.29, 1.82) is 0 Å². The minimum absolute atomic E-state index is 0.293. The minimum Gasteiger partial charge on any atom is -0.380 e. The number of hydrogen-bond donors (Lipinski definition) is 1. The molecule has 0 spiro atoms. The first-order valence-corrected chi connectivity index (χ1v) is 8.67. The van der Waals surface area contributed by atoms with E-state index in [9.17, 15) is 18.5 Å². The number of benzene rings is 1. The second-order valence-electron chi connectivity index (χ2n) is 4.43. The fourth-order valence-corrected chi connectivity index (χ4v) is 3.33. The van der Waals surface area contributed by atoms with Crippen LogP contribution in [-0.4, -0.2) is 24.6 Å². The summed E-state index contributed by atoms with van der Waals surface area (Å²) in [5.74, 6) is 0. The van der Waals surface area contributed by atoms with Crippen molar-refractivity contribution in [3.8, 4) is 0 Å². The zero-order chi connectivity index (χ0) is 15.6. The van der Waals surface area contributed by atoms with Gasteiger partial charge in [0.25, 0.3) is 5.69 Å². The third-order valence-corrected chi connectivity index (χ3v) is 4.91. The Balaban J connectivity index is 2.30. The van der Waals surface area contributed by atoms with Crippen LogP contribution in [0.1, 0.15) is 10.6 Å². The lowest BCUT2D eigenvalue weighted by Gasteiger charge is -2.07. The van der Waals surface area contributed by atoms with Crippen LogP contribution >= 0.6 is 11.3 Å². The number of aromatic nitrogens is 1. The Morgan fingerprint density at radius 2 is 2.14 bits per heavy atom. The van der Waals surface area contributed by atoms with E-state index in [-0.39, 0.29) is 4.90 Å². The molecule has 2 aromatic rings. The normalized spacial score (nSPS) is 11.3. The molecule has 1 N–H and O–H groups in total. The molecule has 1 aromatic carbocycles. The molecule has 0 saturated heterocycles. The maximum absolute atomic E-state index is 11.7. The number of aryl methyl sites for hydroxylation is 1. The zero-order valence-electron chi connectivity index (χ0n) is 11.4. The van der Waals surface area contributed by atoms with Crippen LogP contribution in [0.4, 0.5) is 11.4 Å². The van der Waals surface area contributed by atoms with Gasteiger partial charge in [0.1, 0.15) is 4.90 Å². The Hall–Kier alpha value is -2.00. The molecule has 0 radical (unpaired) electrons. The third kappa shape index (κ3) is 3.56. The molecule has 0 unspecified atom stereocenters. The Morgan fingerprint density at radius 3 is 2.67 bits per heavy atom. The lowest BCUT2D eigenvalue weighted by Crippen LogP contribution is -2.05. The Kier molecular flexibility index (Phi) is 4.24. The highest BCUT2D eigenvalue weighted by Crippen LogP contribution is 2.27. The predicted molar refractivity (Wildman–Crippen MR) is 80.4 cm³/mol. The van der Waals surface area contributed by atoms with Gasteiger partial charge in [0.05, 0.1) is 22.7 Å². The highest BCUT2D eigenvalue weighted by Gasteiger charge is 2.22. The Labute approximate surface area is 125 Å². The fraction of sp³-hybridized carbons (Fsp3) is 0.250. The van der Waals surface area contributed by atoms with Gasteiger partial charge in [-0.05, 0) is 19.1 Å². The highest BCUT2D eigenvalue weighted by atomic mass is 32.2. The van der Waals surface area contributed by atoms with Crippen LogP contribution in [0.2, 0.25) is 0 Å². The summed E-state index contributed by atoms with van der Waals surface area (Å²) in [6, 6.07) is 3.96. The molecular formula is C12H13N3O4S2. The first kappa shape index (κ1) is 15.4. The number of nitrogens with one attached hydrogen (secondary N) is 1. The number of nitro groups is 1. The number of anilines is 1. The number of hydrogen-bond acceptors (Lipinski definition) is 7. The summed E-state index contributed by atoms with van der Waals surface area (Å²) < 4.78 is 23.3. The van der Waals surface area contributed by atoms with Crippen LogP contribution in [0, 0.1) is 17.0 Å². The summed E-state index contributed by atoms with van der Waals surface area (Å²) in [4.78, 5) is 15.0. The average molecular weight is 327 g/mol. The van der Waals surface area contributed by atoms with Gasteiger partial charge in [0.15, 0.2) is 9.84 Å². The van der Waals surface area contributed by atoms with Gasteiger partial charge < -0.3 is 5.32 Å². The van der Waals surface area contributed by atoms with Gasteiger partial charge in [-0.2, -0.15) is 0 Å². The van der Waals surface area contributed by atoms with E-state index >= 15 is 0 Å². The van der Waals surface area contributed by atoms with Crippen LogP contribution in [0.15, 0.2) is 28.6 Å². The van der Waals surface area contributed by atoms with Crippen molar-refractivity contribution in [2.75, 3.05) is 11.6 Å². The predicted octanol–water partition coefficient (Wildman–Crippen LogP) is 2.38. The van der Waals surface area contributed by atoms with Crippen molar-refractivity contribution in [3.05, 3.63) is 44.4 Å². The molecule has 21 heavy (non-hydrogen) atoms. The maximum Gasteiger partial charge on any atom is 0.288 e. The van der Waals surface area contributed by atoms with Crippen molar-refractivity contribution >= 4 is 32.5 Å². The van der Waals surface area contributed by atoms with Gasteiger partial charge in [-0.1, -0.05) is 0 Å². The first-order valence-electron chi connectivity index (χ1n) is 5.90. The molecule has 0 aliphatic rings.